The molecule has 1 heterocycles. The van der Waals surface area contributed by atoms with Gasteiger partial charge in [0.25, 0.3) is 0 Å². The summed E-state index contributed by atoms with van der Waals surface area (Å²) in [5, 5.41) is 3.02. The molecule has 26 heavy (non-hydrogen) atoms. The Morgan fingerprint density at radius 3 is 2.54 bits per heavy atom. The molecule has 2 aromatic carbocycles. The topological polar surface area (TPSA) is 68.0 Å². The van der Waals surface area contributed by atoms with Crippen LogP contribution < -0.4 is 11.1 Å². The van der Waals surface area contributed by atoms with Crippen molar-refractivity contribution in [3.8, 4) is 11.1 Å². The smallest absolute Gasteiger partial charge is 0.237 e. The number of benzene rings is 2. The molecule has 3 N–H and O–H groups in total. The Labute approximate surface area is 154 Å². The molecule has 4 heteroatoms. The van der Waals surface area contributed by atoms with E-state index in [0.717, 1.165) is 22.3 Å². The molecule has 2 unspecified atom stereocenters. The fourth-order valence-electron chi connectivity index (χ4n) is 2.89. The van der Waals surface area contributed by atoms with Crippen molar-refractivity contribution in [2.75, 3.05) is 0 Å². The van der Waals surface area contributed by atoms with Crippen molar-refractivity contribution in [3.63, 3.8) is 0 Å². The Morgan fingerprint density at radius 2 is 1.81 bits per heavy atom. The molecular weight excluding hydrogens is 322 g/mol. The zero-order valence-electron chi connectivity index (χ0n) is 14.8. The summed E-state index contributed by atoms with van der Waals surface area (Å²) < 4.78 is 0. The molecule has 3 aromatic rings. The first-order valence-electron chi connectivity index (χ1n) is 8.74. The fraction of sp³-hybridized carbons (Fsp3) is 0.182. The molecule has 3 rings (SSSR count). The molecule has 0 aliphatic rings. The molecule has 0 radical (unpaired) electrons. The van der Waals surface area contributed by atoms with Gasteiger partial charge in [0.15, 0.2) is 0 Å². The van der Waals surface area contributed by atoms with Crippen molar-refractivity contribution >= 4 is 5.91 Å². The maximum atomic E-state index is 12.4. The summed E-state index contributed by atoms with van der Waals surface area (Å²) in [4.78, 5) is 16.6. The molecule has 0 saturated carbocycles. The van der Waals surface area contributed by atoms with Crippen LogP contribution in [-0.2, 0) is 11.2 Å². The molecule has 0 aliphatic carbocycles. The Hall–Kier alpha value is -2.98. The van der Waals surface area contributed by atoms with Crippen molar-refractivity contribution in [1.29, 1.82) is 0 Å². The maximum Gasteiger partial charge on any atom is 0.237 e. The van der Waals surface area contributed by atoms with Crippen LogP contribution in [-0.4, -0.2) is 16.9 Å². The molecule has 0 saturated heterocycles. The van der Waals surface area contributed by atoms with Crippen molar-refractivity contribution in [2.24, 2.45) is 5.73 Å². The number of aromatic nitrogens is 1. The lowest BCUT2D eigenvalue weighted by Crippen LogP contribution is -2.42. The van der Waals surface area contributed by atoms with Crippen LogP contribution in [0.5, 0.6) is 0 Å². The van der Waals surface area contributed by atoms with Crippen LogP contribution in [0.2, 0.25) is 0 Å². The summed E-state index contributed by atoms with van der Waals surface area (Å²) in [5.74, 6) is -0.145. The number of hydrogen-bond acceptors (Lipinski definition) is 3. The van der Waals surface area contributed by atoms with Crippen LogP contribution in [0.3, 0.4) is 0 Å². The van der Waals surface area contributed by atoms with Gasteiger partial charge in [-0.15, -0.1) is 0 Å². The first-order valence-corrected chi connectivity index (χ1v) is 8.74. The molecule has 0 bridgehead atoms. The van der Waals surface area contributed by atoms with Gasteiger partial charge >= 0.3 is 0 Å². The Kier molecular flexibility index (Phi) is 5.77. The van der Waals surface area contributed by atoms with Crippen molar-refractivity contribution in [1.82, 2.24) is 10.3 Å². The van der Waals surface area contributed by atoms with Crippen molar-refractivity contribution < 1.29 is 4.79 Å². The molecule has 1 aromatic heterocycles. The van der Waals surface area contributed by atoms with E-state index < -0.39 is 6.04 Å². The highest BCUT2D eigenvalue weighted by Crippen LogP contribution is 2.22. The van der Waals surface area contributed by atoms with E-state index in [2.05, 4.69) is 16.4 Å². The second kappa shape index (κ2) is 8.41. The van der Waals surface area contributed by atoms with Gasteiger partial charge in [0, 0.05) is 12.4 Å². The molecule has 0 spiro atoms. The predicted molar refractivity (Wildman–Crippen MR) is 104 cm³/mol. The Morgan fingerprint density at radius 1 is 1.04 bits per heavy atom. The van der Waals surface area contributed by atoms with Gasteiger partial charge < -0.3 is 11.1 Å². The fourth-order valence-corrected chi connectivity index (χ4v) is 2.89. The summed E-state index contributed by atoms with van der Waals surface area (Å²) in [6.45, 7) is 1.97. The van der Waals surface area contributed by atoms with E-state index in [4.69, 9.17) is 5.73 Å². The second-order valence-electron chi connectivity index (χ2n) is 6.39. The van der Waals surface area contributed by atoms with E-state index in [-0.39, 0.29) is 11.9 Å². The Bertz CT molecular complexity index is 850. The van der Waals surface area contributed by atoms with Crippen LogP contribution in [0.15, 0.2) is 79.1 Å². The Balaban J connectivity index is 1.66. The summed E-state index contributed by atoms with van der Waals surface area (Å²) in [7, 11) is 0. The SMILES string of the molecule is CC(NC(=O)C(N)Cc1ccccc1)c1cccc(-c2cccnc2)c1. The number of nitrogens with one attached hydrogen (secondary N) is 1. The third kappa shape index (κ3) is 4.55. The van der Waals surface area contributed by atoms with Crippen LogP contribution in [0, 0.1) is 0 Å². The lowest BCUT2D eigenvalue weighted by Gasteiger charge is -2.18. The van der Waals surface area contributed by atoms with Gasteiger partial charge in [-0.05, 0) is 47.7 Å². The van der Waals surface area contributed by atoms with Gasteiger partial charge in [0.05, 0.1) is 12.1 Å². The number of carbonyl (C=O) groups excluding carboxylic acids is 1. The summed E-state index contributed by atoms with van der Waals surface area (Å²) in [5.41, 5.74) is 10.3. The average Bonchev–Trinajstić information content (AvgIpc) is 2.69. The number of nitrogens with two attached hydrogens (primary N) is 1. The lowest BCUT2D eigenvalue weighted by atomic mass is 10.0. The number of carbonyl (C=O) groups is 1. The molecular formula is C22H23N3O. The number of amides is 1. The first kappa shape index (κ1) is 17.8. The van der Waals surface area contributed by atoms with Crippen molar-refractivity contribution in [2.45, 2.75) is 25.4 Å². The standard InChI is InChI=1S/C22H23N3O/c1-16(25-22(26)21(23)13-17-7-3-2-4-8-17)18-9-5-10-19(14-18)20-11-6-12-24-15-20/h2-12,14-16,21H,13,23H2,1H3,(H,25,26). The van der Waals surface area contributed by atoms with Gasteiger partial charge in [-0.1, -0.05) is 54.6 Å². The quantitative estimate of drug-likeness (QED) is 0.718. The maximum absolute atomic E-state index is 12.4. The average molecular weight is 345 g/mol. The first-order chi connectivity index (χ1) is 12.6. The molecule has 1 amide bonds. The molecule has 4 nitrogen and oxygen atoms in total. The minimum absolute atomic E-state index is 0.124. The minimum atomic E-state index is -0.568. The van der Waals surface area contributed by atoms with Gasteiger partial charge in [-0.25, -0.2) is 0 Å². The third-order valence-electron chi connectivity index (χ3n) is 4.38. The molecule has 2 atom stereocenters. The van der Waals surface area contributed by atoms with Gasteiger partial charge in [0.2, 0.25) is 5.91 Å². The predicted octanol–water partition coefficient (Wildman–Crippen LogP) is 3.50. The van der Waals surface area contributed by atoms with Crippen molar-refractivity contribution in [3.05, 3.63) is 90.3 Å². The van der Waals surface area contributed by atoms with Gasteiger partial charge in [0.1, 0.15) is 0 Å². The largest absolute Gasteiger partial charge is 0.348 e. The number of hydrogen-bond donors (Lipinski definition) is 2. The van der Waals surface area contributed by atoms with Crippen LogP contribution in [0.4, 0.5) is 0 Å². The highest BCUT2D eigenvalue weighted by atomic mass is 16.2. The lowest BCUT2D eigenvalue weighted by molar-refractivity contribution is -0.123. The van der Waals surface area contributed by atoms with Crippen LogP contribution in [0.1, 0.15) is 24.1 Å². The normalized spacial score (nSPS) is 13.0. The van der Waals surface area contributed by atoms with Crippen LogP contribution >= 0.6 is 0 Å². The summed E-state index contributed by atoms with van der Waals surface area (Å²) >= 11 is 0. The van der Waals surface area contributed by atoms with E-state index in [1.807, 2.05) is 73.8 Å². The number of nitrogens with zero attached hydrogens (tertiary/aromatic N) is 1. The highest BCUT2D eigenvalue weighted by Gasteiger charge is 2.17. The third-order valence-corrected chi connectivity index (χ3v) is 4.38. The van der Waals surface area contributed by atoms with Crippen LogP contribution in [0.25, 0.3) is 11.1 Å². The monoisotopic (exact) mass is 345 g/mol. The van der Waals surface area contributed by atoms with E-state index in [0.29, 0.717) is 6.42 Å². The zero-order chi connectivity index (χ0) is 18.4. The molecule has 0 aliphatic heterocycles. The summed E-state index contributed by atoms with van der Waals surface area (Å²) in [6, 6.07) is 21.2. The van der Waals surface area contributed by atoms with E-state index in [1.165, 1.54) is 0 Å². The van der Waals surface area contributed by atoms with E-state index >= 15 is 0 Å². The zero-order valence-corrected chi connectivity index (χ0v) is 14.8. The molecule has 132 valence electrons. The van der Waals surface area contributed by atoms with E-state index in [9.17, 15) is 4.79 Å². The second-order valence-corrected chi connectivity index (χ2v) is 6.39. The van der Waals surface area contributed by atoms with E-state index in [1.54, 1.807) is 6.20 Å². The summed E-state index contributed by atoms with van der Waals surface area (Å²) in [6.07, 6.45) is 4.11. The number of rotatable bonds is 6. The molecule has 0 fully saturated rings. The minimum Gasteiger partial charge on any atom is -0.348 e. The van der Waals surface area contributed by atoms with Gasteiger partial charge in [-0.3, -0.25) is 9.78 Å². The number of pyridine rings is 1. The highest BCUT2D eigenvalue weighted by molar-refractivity contribution is 5.82. The van der Waals surface area contributed by atoms with Gasteiger partial charge in [-0.2, -0.15) is 0 Å².